The number of hydrogen-bond donors (Lipinski definition) is 1. The van der Waals surface area contributed by atoms with Gasteiger partial charge in [0, 0.05) is 31.2 Å². The molecule has 2 saturated heterocycles. The first-order valence-corrected chi connectivity index (χ1v) is 13.9. The number of hydrogen-bond acceptors (Lipinski definition) is 6. The van der Waals surface area contributed by atoms with Crippen LogP contribution in [-0.2, 0) is 16.1 Å². The monoisotopic (exact) mass is 528 g/mol. The Kier molecular flexibility index (Phi) is 8.47. The molecule has 1 amide bonds. The number of nitrogens with zero attached hydrogens (tertiary/aromatic N) is 2. The fourth-order valence-electron chi connectivity index (χ4n) is 5.56. The predicted octanol–water partition coefficient (Wildman–Crippen LogP) is 5.93. The molecule has 0 bridgehead atoms. The molecule has 39 heavy (non-hydrogen) atoms. The zero-order valence-corrected chi connectivity index (χ0v) is 22.4. The molecule has 1 aromatic heterocycles. The minimum Gasteiger partial charge on any atom is -0.507 e. The molecule has 3 aromatic rings. The van der Waals surface area contributed by atoms with Crippen LogP contribution in [0.25, 0.3) is 5.76 Å². The number of ether oxygens (including phenoxy) is 1. The lowest BCUT2D eigenvalue weighted by atomic mass is 9.97. The standard InChI is InChI=1S/C32H36N2O5/c1-2-3-7-20-38-26-14-12-24(13-15-26)30(35)28-29(27-11-8-21-39-27)34(32(37)31(28)36)25-16-18-33(19-17-25)22-23-9-5-4-6-10-23/h4-6,8-15,21,25,29,35H,2-3,7,16-20,22H2,1H3/b30-28-. The molecule has 2 aromatic carbocycles. The van der Waals surface area contributed by atoms with E-state index in [9.17, 15) is 14.7 Å². The van der Waals surface area contributed by atoms with Gasteiger partial charge in [0.2, 0.25) is 0 Å². The van der Waals surface area contributed by atoms with Crippen LogP contribution in [0, 0.1) is 0 Å². The number of aliphatic hydroxyl groups excluding tert-OH is 1. The highest BCUT2D eigenvalue weighted by Gasteiger charge is 2.50. The topological polar surface area (TPSA) is 83.2 Å². The van der Waals surface area contributed by atoms with Crippen LogP contribution in [0.5, 0.6) is 5.75 Å². The largest absolute Gasteiger partial charge is 0.507 e. The Morgan fingerprint density at radius 1 is 0.974 bits per heavy atom. The quantitative estimate of drug-likeness (QED) is 0.152. The summed E-state index contributed by atoms with van der Waals surface area (Å²) in [4.78, 5) is 30.8. The van der Waals surface area contributed by atoms with Gasteiger partial charge in [-0.15, -0.1) is 0 Å². The summed E-state index contributed by atoms with van der Waals surface area (Å²) in [5, 5.41) is 11.3. The number of carbonyl (C=O) groups is 2. The van der Waals surface area contributed by atoms with Crippen molar-refractivity contribution >= 4 is 17.4 Å². The second-order valence-corrected chi connectivity index (χ2v) is 10.3. The lowest BCUT2D eigenvalue weighted by Crippen LogP contribution is -2.46. The highest BCUT2D eigenvalue weighted by Crippen LogP contribution is 2.42. The first-order chi connectivity index (χ1) is 19.1. The summed E-state index contributed by atoms with van der Waals surface area (Å²) in [5.74, 6) is -0.293. The minimum absolute atomic E-state index is 0.0679. The fourth-order valence-corrected chi connectivity index (χ4v) is 5.56. The molecule has 0 saturated carbocycles. The Morgan fingerprint density at radius 3 is 2.38 bits per heavy atom. The van der Waals surface area contributed by atoms with E-state index in [-0.39, 0.29) is 17.4 Å². The number of aliphatic hydroxyl groups is 1. The van der Waals surface area contributed by atoms with Crippen molar-refractivity contribution in [3.05, 3.63) is 95.5 Å². The van der Waals surface area contributed by atoms with Crippen LogP contribution in [0.2, 0.25) is 0 Å². The van der Waals surface area contributed by atoms with Gasteiger partial charge in [0.15, 0.2) is 0 Å². The Bertz CT molecular complexity index is 1280. The molecule has 1 N–H and O–H groups in total. The summed E-state index contributed by atoms with van der Waals surface area (Å²) in [6.07, 6.45) is 6.22. The molecule has 0 spiro atoms. The van der Waals surface area contributed by atoms with Crippen molar-refractivity contribution in [2.45, 2.75) is 57.7 Å². The van der Waals surface area contributed by atoms with E-state index in [2.05, 4.69) is 24.0 Å². The van der Waals surface area contributed by atoms with Gasteiger partial charge in [-0.1, -0.05) is 50.1 Å². The average Bonchev–Trinajstić information content (AvgIpc) is 3.59. The summed E-state index contributed by atoms with van der Waals surface area (Å²) >= 11 is 0. The maximum atomic E-state index is 13.4. The first kappa shape index (κ1) is 26.8. The molecule has 1 atom stereocenters. The Morgan fingerprint density at radius 2 is 1.72 bits per heavy atom. The van der Waals surface area contributed by atoms with Crippen molar-refractivity contribution in [1.82, 2.24) is 9.80 Å². The maximum Gasteiger partial charge on any atom is 0.296 e. The molecule has 3 heterocycles. The Balaban J connectivity index is 1.36. The molecule has 1 unspecified atom stereocenters. The van der Waals surface area contributed by atoms with Gasteiger partial charge in [-0.25, -0.2) is 0 Å². The van der Waals surface area contributed by atoms with Gasteiger partial charge in [0.05, 0.1) is 18.4 Å². The Hall–Kier alpha value is -3.84. The van der Waals surface area contributed by atoms with Crippen LogP contribution >= 0.6 is 0 Å². The number of benzene rings is 2. The number of carbonyl (C=O) groups excluding carboxylic acids is 2. The second-order valence-electron chi connectivity index (χ2n) is 10.3. The van der Waals surface area contributed by atoms with E-state index in [1.807, 2.05) is 18.2 Å². The first-order valence-electron chi connectivity index (χ1n) is 13.9. The highest BCUT2D eigenvalue weighted by molar-refractivity contribution is 6.46. The lowest BCUT2D eigenvalue weighted by molar-refractivity contribution is -0.142. The molecule has 5 rings (SSSR count). The molecular formula is C32H36N2O5. The predicted molar refractivity (Wildman–Crippen MR) is 149 cm³/mol. The van der Waals surface area contributed by atoms with E-state index in [1.165, 1.54) is 11.8 Å². The van der Waals surface area contributed by atoms with Crippen LogP contribution in [-0.4, -0.2) is 52.3 Å². The number of ketones is 1. The molecule has 7 nitrogen and oxygen atoms in total. The fraction of sp³-hybridized carbons (Fsp3) is 0.375. The van der Waals surface area contributed by atoms with Crippen LogP contribution < -0.4 is 4.74 Å². The number of unbranched alkanes of at least 4 members (excludes halogenated alkanes) is 2. The maximum absolute atomic E-state index is 13.4. The van der Waals surface area contributed by atoms with Gasteiger partial charge in [-0.05, 0) is 61.2 Å². The molecule has 204 valence electrons. The van der Waals surface area contributed by atoms with E-state index in [4.69, 9.17) is 9.15 Å². The molecule has 7 heteroatoms. The summed E-state index contributed by atoms with van der Waals surface area (Å²) in [5.41, 5.74) is 1.78. The van der Waals surface area contributed by atoms with Crippen LogP contribution in [0.1, 0.15) is 62.0 Å². The van der Waals surface area contributed by atoms with Crippen LogP contribution in [0.4, 0.5) is 0 Å². The summed E-state index contributed by atoms with van der Waals surface area (Å²) in [6, 6.07) is 19.9. The molecule has 2 aliphatic rings. The third kappa shape index (κ3) is 5.93. The van der Waals surface area contributed by atoms with E-state index >= 15 is 0 Å². The van der Waals surface area contributed by atoms with E-state index in [0.717, 1.165) is 51.7 Å². The number of likely N-dealkylation sites (tertiary alicyclic amines) is 2. The molecule has 0 aliphatic carbocycles. The number of furan rings is 1. The number of Topliss-reactive ketones (excluding diaryl/α,β-unsaturated/α-hetero) is 1. The molecular weight excluding hydrogens is 492 g/mol. The smallest absolute Gasteiger partial charge is 0.296 e. The van der Waals surface area contributed by atoms with Crippen molar-refractivity contribution in [3.8, 4) is 5.75 Å². The van der Waals surface area contributed by atoms with Gasteiger partial charge >= 0.3 is 0 Å². The van der Waals surface area contributed by atoms with Crippen LogP contribution in [0.15, 0.2) is 83.0 Å². The zero-order valence-electron chi connectivity index (χ0n) is 22.4. The van der Waals surface area contributed by atoms with Gasteiger partial charge < -0.3 is 19.2 Å². The van der Waals surface area contributed by atoms with Crippen molar-refractivity contribution in [2.75, 3.05) is 19.7 Å². The number of amides is 1. The van der Waals surface area contributed by atoms with Crippen LogP contribution in [0.3, 0.4) is 0 Å². The van der Waals surface area contributed by atoms with Crippen molar-refractivity contribution in [3.63, 3.8) is 0 Å². The Labute approximate surface area is 229 Å². The highest BCUT2D eigenvalue weighted by atomic mass is 16.5. The van der Waals surface area contributed by atoms with Gasteiger partial charge in [-0.2, -0.15) is 0 Å². The third-order valence-electron chi connectivity index (χ3n) is 7.64. The van der Waals surface area contributed by atoms with Gasteiger partial charge in [0.25, 0.3) is 11.7 Å². The third-order valence-corrected chi connectivity index (χ3v) is 7.64. The van der Waals surface area contributed by atoms with Gasteiger partial charge in [0.1, 0.15) is 23.3 Å². The average molecular weight is 529 g/mol. The zero-order chi connectivity index (χ0) is 27.2. The molecule has 0 radical (unpaired) electrons. The van der Waals surface area contributed by atoms with Crippen molar-refractivity contribution in [2.24, 2.45) is 0 Å². The summed E-state index contributed by atoms with van der Waals surface area (Å²) in [7, 11) is 0. The lowest BCUT2D eigenvalue weighted by Gasteiger charge is -2.38. The molecule has 2 fully saturated rings. The molecule has 2 aliphatic heterocycles. The second kappa shape index (κ2) is 12.3. The van der Waals surface area contributed by atoms with Crippen molar-refractivity contribution < 1.29 is 23.8 Å². The van der Waals surface area contributed by atoms with E-state index in [0.29, 0.717) is 23.7 Å². The summed E-state index contributed by atoms with van der Waals surface area (Å²) in [6.45, 7) is 5.26. The normalized spacial score (nSPS) is 20.0. The number of rotatable bonds is 10. The van der Waals surface area contributed by atoms with Gasteiger partial charge in [-0.3, -0.25) is 14.5 Å². The summed E-state index contributed by atoms with van der Waals surface area (Å²) < 4.78 is 11.5. The number of piperidine rings is 1. The van der Waals surface area contributed by atoms with E-state index < -0.39 is 17.7 Å². The SMILES string of the molecule is CCCCCOc1ccc(/C(O)=C2/C(=O)C(=O)N(C3CCN(Cc4ccccc4)CC3)C2c2ccco2)cc1. The van der Waals surface area contributed by atoms with E-state index in [1.54, 1.807) is 41.3 Å². The minimum atomic E-state index is -0.768. The van der Waals surface area contributed by atoms with Crippen molar-refractivity contribution in [1.29, 1.82) is 0 Å².